The Bertz CT molecular complexity index is 704. The highest BCUT2D eigenvalue weighted by atomic mass is 79.9. The van der Waals surface area contributed by atoms with Crippen LogP contribution in [0.1, 0.15) is 18.5 Å². The van der Waals surface area contributed by atoms with Gasteiger partial charge in [-0.05, 0) is 34.5 Å². The number of ether oxygens (including phenoxy) is 1. The molecule has 1 aromatic heterocycles. The molecule has 2 N–H and O–H groups in total. The van der Waals surface area contributed by atoms with Crippen LogP contribution in [0.3, 0.4) is 0 Å². The highest BCUT2D eigenvalue weighted by molar-refractivity contribution is 9.10. The number of aliphatic carboxylic acids is 1. The number of benzene rings is 1. The van der Waals surface area contributed by atoms with Gasteiger partial charge in [0.1, 0.15) is 18.0 Å². The van der Waals surface area contributed by atoms with Crippen molar-refractivity contribution >= 4 is 27.8 Å². The molecule has 0 aliphatic carbocycles. The van der Waals surface area contributed by atoms with Crippen LogP contribution in [0.2, 0.25) is 0 Å². The number of carbonyl (C=O) groups is 2. The number of aromatic nitrogens is 3. The molecule has 0 fully saturated rings. The number of carboxylic acids is 1. The second kappa shape index (κ2) is 9.02. The first-order valence-electron chi connectivity index (χ1n) is 7.29. The van der Waals surface area contributed by atoms with Gasteiger partial charge < -0.3 is 15.2 Å². The van der Waals surface area contributed by atoms with Crippen LogP contribution in [0.25, 0.3) is 0 Å². The van der Waals surface area contributed by atoms with E-state index in [0.717, 1.165) is 10.2 Å². The molecular formula is C15H17BrN4O4. The standard InChI is InChI=1S/C15H17BrN4O4/c16-12-4-1-2-5-13(12)24-7-3-6-14(21)17-8-11-9-20(19-18-11)10-15(22)23/h1-2,4-5,9H,3,6-8,10H2,(H,17,21)(H,22,23). The molecule has 0 bridgehead atoms. The van der Waals surface area contributed by atoms with E-state index in [1.807, 2.05) is 24.3 Å². The van der Waals surface area contributed by atoms with E-state index in [1.54, 1.807) is 0 Å². The molecule has 1 heterocycles. The van der Waals surface area contributed by atoms with Crippen LogP contribution in [0, 0.1) is 0 Å². The third-order valence-corrected chi connectivity index (χ3v) is 3.65. The van der Waals surface area contributed by atoms with Crippen LogP contribution in [0.5, 0.6) is 5.75 Å². The number of rotatable bonds is 9. The summed E-state index contributed by atoms with van der Waals surface area (Å²) in [5.74, 6) is -0.382. The minimum atomic E-state index is -1.000. The molecule has 0 saturated carbocycles. The summed E-state index contributed by atoms with van der Waals surface area (Å²) in [6.07, 6.45) is 2.40. The van der Waals surface area contributed by atoms with E-state index in [4.69, 9.17) is 9.84 Å². The average molecular weight is 397 g/mol. The van der Waals surface area contributed by atoms with Crippen LogP contribution in [-0.4, -0.2) is 38.6 Å². The first-order chi connectivity index (χ1) is 11.5. The van der Waals surface area contributed by atoms with Crippen molar-refractivity contribution in [1.29, 1.82) is 0 Å². The topological polar surface area (TPSA) is 106 Å². The van der Waals surface area contributed by atoms with Crippen LogP contribution in [0.4, 0.5) is 0 Å². The molecule has 0 radical (unpaired) electrons. The summed E-state index contributed by atoms with van der Waals surface area (Å²) in [4.78, 5) is 22.3. The lowest BCUT2D eigenvalue weighted by Gasteiger charge is -2.07. The summed E-state index contributed by atoms with van der Waals surface area (Å²) in [6, 6.07) is 7.52. The van der Waals surface area contributed by atoms with Gasteiger partial charge in [-0.1, -0.05) is 17.3 Å². The molecule has 2 aromatic rings. The molecule has 128 valence electrons. The van der Waals surface area contributed by atoms with Crippen LogP contribution < -0.4 is 10.1 Å². The van der Waals surface area contributed by atoms with E-state index < -0.39 is 5.97 Å². The summed E-state index contributed by atoms with van der Waals surface area (Å²) in [5, 5.41) is 18.8. The molecule has 0 unspecified atom stereocenters. The minimum absolute atomic E-state index is 0.126. The van der Waals surface area contributed by atoms with Gasteiger partial charge >= 0.3 is 5.97 Å². The first kappa shape index (κ1) is 17.9. The van der Waals surface area contributed by atoms with Gasteiger partial charge in [-0.15, -0.1) is 5.10 Å². The maximum Gasteiger partial charge on any atom is 0.325 e. The SMILES string of the molecule is O=C(O)Cn1cc(CNC(=O)CCCOc2ccccc2Br)nn1. The number of para-hydroxylation sites is 1. The van der Waals surface area contributed by atoms with Gasteiger partial charge in [-0.2, -0.15) is 0 Å². The fourth-order valence-corrected chi connectivity index (χ4v) is 2.29. The lowest BCUT2D eigenvalue weighted by molar-refractivity contribution is -0.138. The summed E-state index contributed by atoms with van der Waals surface area (Å²) >= 11 is 3.39. The predicted molar refractivity (Wildman–Crippen MR) is 88.4 cm³/mol. The number of nitrogens with one attached hydrogen (secondary N) is 1. The molecule has 0 saturated heterocycles. The quantitative estimate of drug-likeness (QED) is 0.623. The summed E-state index contributed by atoms with van der Waals surface area (Å²) in [5.41, 5.74) is 0.508. The van der Waals surface area contributed by atoms with Gasteiger partial charge in [0, 0.05) is 6.42 Å². The molecule has 0 spiro atoms. The van der Waals surface area contributed by atoms with E-state index in [-0.39, 0.29) is 19.0 Å². The van der Waals surface area contributed by atoms with Crippen LogP contribution in [0.15, 0.2) is 34.9 Å². The summed E-state index contributed by atoms with van der Waals surface area (Å²) in [6.45, 7) is 0.391. The Morgan fingerprint density at radius 3 is 2.88 bits per heavy atom. The lowest BCUT2D eigenvalue weighted by atomic mass is 10.3. The Labute approximate surface area is 146 Å². The van der Waals surface area contributed by atoms with E-state index in [1.165, 1.54) is 10.9 Å². The van der Waals surface area contributed by atoms with Gasteiger partial charge in [0.2, 0.25) is 5.91 Å². The molecule has 8 nitrogen and oxygen atoms in total. The van der Waals surface area contributed by atoms with Crippen molar-refractivity contribution in [2.24, 2.45) is 0 Å². The fraction of sp³-hybridized carbons (Fsp3) is 0.333. The van der Waals surface area contributed by atoms with E-state index in [2.05, 4.69) is 31.6 Å². The first-order valence-corrected chi connectivity index (χ1v) is 8.08. The zero-order valence-corrected chi connectivity index (χ0v) is 14.4. The van der Waals surface area contributed by atoms with Crippen LogP contribution >= 0.6 is 15.9 Å². The van der Waals surface area contributed by atoms with Crippen molar-refractivity contribution in [1.82, 2.24) is 20.3 Å². The van der Waals surface area contributed by atoms with Crippen molar-refractivity contribution in [3.63, 3.8) is 0 Å². The number of carbonyl (C=O) groups excluding carboxylic acids is 1. The molecule has 0 atom stereocenters. The number of nitrogens with zero attached hydrogens (tertiary/aromatic N) is 3. The Balaban J connectivity index is 1.64. The Morgan fingerprint density at radius 1 is 1.33 bits per heavy atom. The normalized spacial score (nSPS) is 10.4. The molecular weight excluding hydrogens is 380 g/mol. The Kier molecular flexibility index (Phi) is 6.74. The second-order valence-electron chi connectivity index (χ2n) is 4.96. The van der Waals surface area contributed by atoms with E-state index in [0.29, 0.717) is 25.1 Å². The molecule has 0 aliphatic rings. The molecule has 2 rings (SSSR count). The minimum Gasteiger partial charge on any atom is -0.492 e. The second-order valence-corrected chi connectivity index (χ2v) is 5.81. The number of hydrogen-bond donors (Lipinski definition) is 2. The Hall–Kier alpha value is -2.42. The van der Waals surface area contributed by atoms with Gasteiger partial charge in [0.25, 0.3) is 0 Å². The van der Waals surface area contributed by atoms with Gasteiger partial charge in [-0.25, -0.2) is 4.68 Å². The monoisotopic (exact) mass is 396 g/mol. The highest BCUT2D eigenvalue weighted by Gasteiger charge is 2.07. The maximum atomic E-state index is 11.8. The molecule has 1 amide bonds. The van der Waals surface area contributed by atoms with E-state index in [9.17, 15) is 9.59 Å². The Morgan fingerprint density at radius 2 is 2.12 bits per heavy atom. The van der Waals surface area contributed by atoms with Gasteiger partial charge in [0.05, 0.1) is 23.8 Å². The molecule has 1 aromatic carbocycles. The average Bonchev–Trinajstić information content (AvgIpc) is 2.98. The fourth-order valence-electron chi connectivity index (χ4n) is 1.89. The third kappa shape index (κ3) is 5.99. The van der Waals surface area contributed by atoms with Crippen molar-refractivity contribution in [3.05, 3.63) is 40.6 Å². The highest BCUT2D eigenvalue weighted by Crippen LogP contribution is 2.23. The van der Waals surface area contributed by atoms with Crippen molar-refractivity contribution in [2.75, 3.05) is 6.61 Å². The summed E-state index contributed by atoms with van der Waals surface area (Å²) in [7, 11) is 0. The summed E-state index contributed by atoms with van der Waals surface area (Å²) < 4.78 is 7.66. The molecule has 9 heteroatoms. The largest absolute Gasteiger partial charge is 0.492 e. The van der Waals surface area contributed by atoms with E-state index >= 15 is 0 Å². The zero-order valence-electron chi connectivity index (χ0n) is 12.8. The van der Waals surface area contributed by atoms with Crippen molar-refractivity contribution in [2.45, 2.75) is 25.9 Å². The smallest absolute Gasteiger partial charge is 0.325 e. The predicted octanol–water partition coefficient (Wildman–Crippen LogP) is 1.60. The van der Waals surface area contributed by atoms with Gasteiger partial charge in [-0.3, -0.25) is 9.59 Å². The number of hydrogen-bond acceptors (Lipinski definition) is 5. The van der Waals surface area contributed by atoms with Crippen molar-refractivity contribution in [3.8, 4) is 5.75 Å². The van der Waals surface area contributed by atoms with Gasteiger partial charge in [0.15, 0.2) is 0 Å². The molecule has 24 heavy (non-hydrogen) atoms. The van der Waals surface area contributed by atoms with Crippen molar-refractivity contribution < 1.29 is 19.4 Å². The number of amides is 1. The number of halogens is 1. The maximum absolute atomic E-state index is 11.8. The third-order valence-electron chi connectivity index (χ3n) is 2.99. The number of carboxylic acid groups (broad SMARTS) is 1. The molecule has 0 aliphatic heterocycles. The zero-order chi connectivity index (χ0) is 17.4. The van der Waals surface area contributed by atoms with Crippen LogP contribution in [-0.2, 0) is 22.7 Å². The lowest BCUT2D eigenvalue weighted by Crippen LogP contribution is -2.23.